The fourth-order valence-corrected chi connectivity index (χ4v) is 3.76. The number of hydrogen-bond acceptors (Lipinski definition) is 4. The third-order valence-corrected chi connectivity index (χ3v) is 5.52. The van der Waals surface area contributed by atoms with Crippen LogP contribution in [0, 0.1) is 5.82 Å². The van der Waals surface area contributed by atoms with E-state index in [0.29, 0.717) is 29.1 Å². The zero-order valence-electron chi connectivity index (χ0n) is 17.7. The summed E-state index contributed by atoms with van der Waals surface area (Å²) in [5.74, 6) is -2.87. The molecule has 1 aliphatic rings. The zero-order valence-corrected chi connectivity index (χ0v) is 17.7. The third-order valence-electron chi connectivity index (χ3n) is 5.52. The molecule has 3 aromatic rings. The second kappa shape index (κ2) is 9.12. The molecule has 178 valence electrons. The maximum Gasteiger partial charge on any atom is 0.417 e. The van der Waals surface area contributed by atoms with Gasteiger partial charge in [-0.2, -0.15) is 18.3 Å². The number of halogens is 4. The summed E-state index contributed by atoms with van der Waals surface area (Å²) in [7, 11) is 0. The van der Waals surface area contributed by atoms with Crippen LogP contribution in [-0.4, -0.2) is 70.4 Å². The van der Waals surface area contributed by atoms with Gasteiger partial charge in [-0.1, -0.05) is 18.2 Å². The number of alkyl halides is 3. The number of carbonyl (C=O) groups excluding carboxylic acids is 3. The SMILES string of the molecule is O=C(NCC(=O)N1CCN(C(=O)c2cc(F)ccc2C(F)(F)F)CC1)c1n[nH]c2ccccc12. The third kappa shape index (κ3) is 4.70. The van der Waals surface area contributed by atoms with Crippen molar-refractivity contribution in [3.05, 3.63) is 65.1 Å². The second-order valence-corrected chi connectivity index (χ2v) is 7.66. The molecule has 0 radical (unpaired) electrons. The van der Waals surface area contributed by atoms with Gasteiger partial charge in [0, 0.05) is 31.6 Å². The van der Waals surface area contributed by atoms with E-state index in [0.717, 1.165) is 4.90 Å². The molecule has 2 heterocycles. The Bertz CT molecular complexity index is 1250. The Morgan fingerprint density at radius 3 is 2.38 bits per heavy atom. The van der Waals surface area contributed by atoms with Gasteiger partial charge < -0.3 is 15.1 Å². The first kappa shape index (κ1) is 23.2. The molecule has 0 saturated carbocycles. The van der Waals surface area contributed by atoms with Gasteiger partial charge in [-0.15, -0.1) is 0 Å². The summed E-state index contributed by atoms with van der Waals surface area (Å²) < 4.78 is 53.2. The molecule has 1 aliphatic heterocycles. The second-order valence-electron chi connectivity index (χ2n) is 7.66. The van der Waals surface area contributed by atoms with Crippen molar-refractivity contribution in [3.8, 4) is 0 Å². The molecule has 0 bridgehead atoms. The number of aromatic amines is 1. The number of hydrogen-bond donors (Lipinski definition) is 2. The van der Waals surface area contributed by atoms with E-state index in [4.69, 9.17) is 0 Å². The molecule has 0 spiro atoms. The van der Waals surface area contributed by atoms with Crippen LogP contribution in [0.3, 0.4) is 0 Å². The number of benzene rings is 2. The number of rotatable bonds is 4. The van der Waals surface area contributed by atoms with Crippen molar-refractivity contribution in [3.63, 3.8) is 0 Å². The Morgan fingerprint density at radius 1 is 1.00 bits per heavy atom. The highest BCUT2D eigenvalue weighted by Gasteiger charge is 2.37. The Labute approximate surface area is 190 Å². The lowest BCUT2D eigenvalue weighted by Gasteiger charge is -2.35. The molecular formula is C22H19F4N5O3. The van der Waals surface area contributed by atoms with Crippen molar-refractivity contribution in [1.29, 1.82) is 0 Å². The van der Waals surface area contributed by atoms with Gasteiger partial charge in [-0.05, 0) is 24.3 Å². The molecule has 3 amide bonds. The molecule has 0 atom stereocenters. The van der Waals surface area contributed by atoms with Gasteiger partial charge in [0.25, 0.3) is 11.8 Å². The Hall–Kier alpha value is -3.96. The average molecular weight is 477 g/mol. The normalized spacial score (nSPS) is 14.4. The number of aromatic nitrogens is 2. The molecule has 2 aromatic carbocycles. The van der Waals surface area contributed by atoms with Gasteiger partial charge in [-0.3, -0.25) is 19.5 Å². The van der Waals surface area contributed by atoms with E-state index >= 15 is 0 Å². The standard InChI is InChI=1S/C22H19F4N5O3/c23-13-5-6-16(22(24,25)26)15(11-13)21(34)31-9-7-30(8-10-31)18(32)12-27-20(33)19-14-3-1-2-4-17(14)28-29-19/h1-6,11H,7-10,12H2,(H,27,33)(H,28,29). The van der Waals surface area contributed by atoms with E-state index in [1.165, 1.54) is 4.90 Å². The van der Waals surface area contributed by atoms with Crippen LogP contribution in [0.2, 0.25) is 0 Å². The molecule has 4 rings (SSSR count). The molecule has 0 aliphatic carbocycles. The van der Waals surface area contributed by atoms with Crippen LogP contribution in [0.4, 0.5) is 17.6 Å². The molecule has 34 heavy (non-hydrogen) atoms. The fourth-order valence-electron chi connectivity index (χ4n) is 3.76. The highest BCUT2D eigenvalue weighted by molar-refractivity contribution is 6.05. The van der Waals surface area contributed by atoms with E-state index < -0.39 is 40.8 Å². The lowest BCUT2D eigenvalue weighted by molar-refractivity contribution is -0.138. The van der Waals surface area contributed by atoms with Crippen molar-refractivity contribution in [1.82, 2.24) is 25.3 Å². The Kier molecular flexibility index (Phi) is 6.22. The van der Waals surface area contributed by atoms with Crippen molar-refractivity contribution in [2.45, 2.75) is 6.18 Å². The molecule has 1 aromatic heterocycles. The summed E-state index contributed by atoms with van der Waals surface area (Å²) in [6, 6.07) is 8.76. The Balaban J connectivity index is 1.34. The summed E-state index contributed by atoms with van der Waals surface area (Å²) in [6.45, 7) is -0.256. The van der Waals surface area contributed by atoms with Crippen LogP contribution >= 0.6 is 0 Å². The highest BCUT2D eigenvalue weighted by atomic mass is 19.4. The minimum Gasteiger partial charge on any atom is -0.342 e. The van der Waals surface area contributed by atoms with E-state index in [1.807, 2.05) is 0 Å². The first-order chi connectivity index (χ1) is 16.1. The van der Waals surface area contributed by atoms with Crippen molar-refractivity contribution < 1.29 is 31.9 Å². The van der Waals surface area contributed by atoms with Gasteiger partial charge in [0.2, 0.25) is 5.91 Å². The number of fused-ring (bicyclic) bond motifs is 1. The van der Waals surface area contributed by atoms with Crippen molar-refractivity contribution in [2.24, 2.45) is 0 Å². The lowest BCUT2D eigenvalue weighted by Crippen LogP contribution is -2.52. The number of nitrogens with one attached hydrogen (secondary N) is 2. The molecule has 2 N–H and O–H groups in total. The van der Waals surface area contributed by atoms with Crippen LogP contribution in [0.1, 0.15) is 26.4 Å². The summed E-state index contributed by atoms with van der Waals surface area (Å²) in [6.07, 6.45) is -4.81. The van der Waals surface area contributed by atoms with Crippen molar-refractivity contribution in [2.75, 3.05) is 32.7 Å². The van der Waals surface area contributed by atoms with Gasteiger partial charge >= 0.3 is 6.18 Å². The van der Waals surface area contributed by atoms with Crippen LogP contribution in [0.5, 0.6) is 0 Å². The number of nitrogens with zero attached hydrogens (tertiary/aromatic N) is 3. The van der Waals surface area contributed by atoms with Crippen LogP contribution in [0.25, 0.3) is 10.9 Å². The van der Waals surface area contributed by atoms with Crippen LogP contribution < -0.4 is 5.32 Å². The predicted octanol–water partition coefficient (Wildman–Crippen LogP) is 2.44. The average Bonchev–Trinajstić information content (AvgIpc) is 3.25. The number of para-hydroxylation sites is 1. The molecule has 0 unspecified atom stereocenters. The molecule has 8 nitrogen and oxygen atoms in total. The topological polar surface area (TPSA) is 98.4 Å². The smallest absolute Gasteiger partial charge is 0.342 e. The van der Waals surface area contributed by atoms with Gasteiger partial charge in [0.15, 0.2) is 5.69 Å². The predicted molar refractivity (Wildman–Crippen MR) is 112 cm³/mol. The van der Waals surface area contributed by atoms with E-state index in [1.54, 1.807) is 24.3 Å². The Morgan fingerprint density at radius 2 is 1.68 bits per heavy atom. The number of carbonyl (C=O) groups is 3. The summed E-state index contributed by atoms with van der Waals surface area (Å²) in [5, 5.41) is 9.80. The largest absolute Gasteiger partial charge is 0.417 e. The van der Waals surface area contributed by atoms with Crippen LogP contribution in [0.15, 0.2) is 42.5 Å². The minimum absolute atomic E-state index is 0.0314. The number of amides is 3. The summed E-state index contributed by atoms with van der Waals surface area (Å²) in [5.41, 5.74) is -1.17. The minimum atomic E-state index is -4.81. The van der Waals surface area contributed by atoms with E-state index in [-0.39, 0.29) is 38.4 Å². The maximum absolute atomic E-state index is 13.5. The number of piperazine rings is 1. The van der Waals surface area contributed by atoms with Crippen molar-refractivity contribution >= 4 is 28.6 Å². The molecule has 1 fully saturated rings. The zero-order chi connectivity index (χ0) is 24.5. The van der Waals surface area contributed by atoms with Gasteiger partial charge in [-0.25, -0.2) is 4.39 Å². The maximum atomic E-state index is 13.5. The summed E-state index contributed by atoms with van der Waals surface area (Å²) in [4.78, 5) is 40.1. The molecular weight excluding hydrogens is 458 g/mol. The van der Waals surface area contributed by atoms with Gasteiger partial charge in [0.05, 0.1) is 23.2 Å². The van der Waals surface area contributed by atoms with E-state index in [9.17, 15) is 31.9 Å². The van der Waals surface area contributed by atoms with Gasteiger partial charge in [0.1, 0.15) is 5.82 Å². The first-order valence-electron chi connectivity index (χ1n) is 10.3. The number of H-pyrrole nitrogens is 1. The molecule has 1 saturated heterocycles. The monoisotopic (exact) mass is 477 g/mol. The first-order valence-corrected chi connectivity index (χ1v) is 10.3. The lowest BCUT2D eigenvalue weighted by atomic mass is 10.0. The highest BCUT2D eigenvalue weighted by Crippen LogP contribution is 2.33. The molecule has 12 heteroatoms. The quantitative estimate of drug-likeness (QED) is 0.564. The fraction of sp³-hybridized carbons (Fsp3) is 0.273. The van der Waals surface area contributed by atoms with Crippen LogP contribution in [-0.2, 0) is 11.0 Å². The van der Waals surface area contributed by atoms with E-state index in [2.05, 4.69) is 15.5 Å². The summed E-state index contributed by atoms with van der Waals surface area (Å²) >= 11 is 0.